The molecule has 0 saturated heterocycles. The quantitative estimate of drug-likeness (QED) is 0.268. The van der Waals surface area contributed by atoms with Gasteiger partial charge in [-0.1, -0.05) is 58.4 Å². The molecular weight excluding hydrogens is 584 g/mol. The molecule has 0 fully saturated rings. The minimum absolute atomic E-state index is 0.157. The number of H-pyrrole nitrogens is 1. The van der Waals surface area contributed by atoms with Gasteiger partial charge in [-0.2, -0.15) is 0 Å². The Morgan fingerprint density at radius 2 is 1.83 bits per heavy atom. The van der Waals surface area contributed by atoms with Crippen molar-refractivity contribution in [3.05, 3.63) is 94.5 Å². The highest BCUT2D eigenvalue weighted by Crippen LogP contribution is 2.44. The number of methoxy groups -OCH3 is 1. The van der Waals surface area contributed by atoms with Crippen LogP contribution in [-0.4, -0.2) is 45.1 Å². The first-order chi connectivity index (χ1) is 20.0. The molecule has 2 aliphatic heterocycles. The van der Waals surface area contributed by atoms with E-state index in [4.69, 9.17) is 14.7 Å². The molecule has 3 aromatic carbocycles. The average Bonchev–Trinajstić information content (AvgIpc) is 3.61. The molecule has 0 bridgehead atoms. The maximum atomic E-state index is 13.8. The van der Waals surface area contributed by atoms with E-state index < -0.39 is 12.1 Å². The van der Waals surface area contributed by atoms with Gasteiger partial charge in [0.25, 0.3) is 0 Å². The van der Waals surface area contributed by atoms with Gasteiger partial charge in [-0.3, -0.25) is 14.7 Å². The van der Waals surface area contributed by atoms with Gasteiger partial charge >= 0.3 is 6.09 Å². The van der Waals surface area contributed by atoms with E-state index >= 15 is 0 Å². The summed E-state index contributed by atoms with van der Waals surface area (Å²) in [5, 5.41) is 2.72. The van der Waals surface area contributed by atoms with E-state index in [0.717, 1.165) is 54.8 Å². The van der Waals surface area contributed by atoms with E-state index in [1.165, 1.54) is 7.11 Å². The zero-order valence-electron chi connectivity index (χ0n) is 22.1. The Hall–Kier alpha value is -4.57. The van der Waals surface area contributed by atoms with E-state index in [0.29, 0.717) is 25.1 Å². The Morgan fingerprint density at radius 1 is 1.02 bits per heavy atom. The van der Waals surface area contributed by atoms with Gasteiger partial charge in [0.1, 0.15) is 11.9 Å². The molecule has 10 heteroatoms. The summed E-state index contributed by atoms with van der Waals surface area (Å²) in [5.41, 5.74) is 8.38. The number of fused-ring (bicyclic) bond motifs is 1. The monoisotopic (exact) mass is 608 g/mol. The number of nitrogens with one attached hydrogen (secondary N) is 2. The number of carbonyl (C=O) groups excluding carboxylic acids is 2. The number of amides is 2. The number of anilines is 1. The normalized spacial score (nSPS) is 17.8. The number of ether oxygens (including phenoxy) is 1. The first kappa shape index (κ1) is 25.4. The lowest BCUT2D eigenvalue weighted by molar-refractivity contribution is -0.121. The highest BCUT2D eigenvalue weighted by molar-refractivity contribution is 9.10. The second-order valence-electron chi connectivity index (χ2n) is 10.2. The third-order valence-electron chi connectivity index (χ3n) is 7.79. The number of alkyl carbamates (subject to hydrolysis) is 1. The number of benzene rings is 3. The summed E-state index contributed by atoms with van der Waals surface area (Å²) >= 11 is 3.48. The SMILES string of the molecule is COC(=O)N[C@H]1CCc2cccc3c2N(C1=O)[C@H](c1ncc(-c2ccc(-c4cnc5cc(Br)ccc5n4)cc2)[nH]1)C3. The van der Waals surface area contributed by atoms with Crippen LogP contribution in [0.4, 0.5) is 10.5 Å². The average molecular weight is 609 g/mol. The highest BCUT2D eigenvalue weighted by atomic mass is 79.9. The molecule has 0 radical (unpaired) electrons. The Labute approximate surface area is 244 Å². The maximum absolute atomic E-state index is 13.8. The zero-order chi connectivity index (χ0) is 28.1. The molecule has 0 unspecified atom stereocenters. The molecule has 2 aromatic heterocycles. The number of halogens is 1. The number of aryl methyl sites for hydroxylation is 1. The van der Waals surface area contributed by atoms with Crippen molar-refractivity contribution in [3.63, 3.8) is 0 Å². The fourth-order valence-electron chi connectivity index (χ4n) is 5.78. The van der Waals surface area contributed by atoms with Gasteiger partial charge in [0.05, 0.1) is 53.7 Å². The van der Waals surface area contributed by atoms with Crippen LogP contribution in [0.15, 0.2) is 77.5 Å². The molecule has 7 rings (SSSR count). The number of aromatic amines is 1. The lowest BCUT2D eigenvalue weighted by atomic mass is 10.0. The van der Waals surface area contributed by atoms with Crippen LogP contribution in [0.5, 0.6) is 0 Å². The molecule has 4 heterocycles. The molecule has 0 saturated carbocycles. The minimum atomic E-state index is -0.676. The molecular formula is C31H25BrN6O3. The summed E-state index contributed by atoms with van der Waals surface area (Å²) in [6.45, 7) is 0. The molecule has 0 spiro atoms. The van der Waals surface area contributed by atoms with Gasteiger partial charge in [-0.25, -0.2) is 14.8 Å². The summed E-state index contributed by atoms with van der Waals surface area (Å²) in [5.74, 6) is 0.542. The predicted octanol–water partition coefficient (Wildman–Crippen LogP) is 5.75. The van der Waals surface area contributed by atoms with Crippen molar-refractivity contribution in [2.75, 3.05) is 12.0 Å². The summed E-state index contributed by atoms with van der Waals surface area (Å²) in [7, 11) is 1.30. The van der Waals surface area contributed by atoms with Gasteiger partial charge in [0, 0.05) is 16.5 Å². The summed E-state index contributed by atoms with van der Waals surface area (Å²) in [4.78, 5) is 45.0. The zero-order valence-corrected chi connectivity index (χ0v) is 23.7. The standard InChI is InChI=1S/C31H25BrN6O3/c1-41-31(40)37-23-11-9-19-3-2-4-20-13-27(38(28(19)20)30(23)39)29-34-16-26(36-29)18-7-5-17(6-8-18)25-15-33-24-14-21(32)10-12-22(24)35-25/h2-8,10,12,14-16,23,27H,9,11,13H2,1H3,(H,34,36)(H,37,40)/t23-,27-/m0/s1. The number of carbonyl (C=O) groups is 2. The predicted molar refractivity (Wildman–Crippen MR) is 158 cm³/mol. The number of aromatic nitrogens is 4. The molecule has 5 aromatic rings. The first-order valence-corrected chi connectivity index (χ1v) is 14.1. The van der Waals surface area contributed by atoms with Crippen LogP contribution < -0.4 is 10.2 Å². The smallest absolute Gasteiger partial charge is 0.407 e. The van der Waals surface area contributed by atoms with Crippen LogP contribution in [0.25, 0.3) is 33.5 Å². The van der Waals surface area contributed by atoms with Crippen molar-refractivity contribution in [2.45, 2.75) is 31.3 Å². The molecule has 2 N–H and O–H groups in total. The second kappa shape index (κ2) is 10.1. The van der Waals surface area contributed by atoms with Gasteiger partial charge in [-0.05, 0) is 47.7 Å². The van der Waals surface area contributed by atoms with Gasteiger partial charge in [0.2, 0.25) is 5.91 Å². The van der Waals surface area contributed by atoms with Crippen molar-refractivity contribution in [1.29, 1.82) is 0 Å². The molecule has 2 atom stereocenters. The number of rotatable bonds is 4. The maximum Gasteiger partial charge on any atom is 0.407 e. The van der Waals surface area contributed by atoms with E-state index in [9.17, 15) is 9.59 Å². The molecule has 41 heavy (non-hydrogen) atoms. The van der Waals surface area contributed by atoms with Crippen molar-refractivity contribution in [2.24, 2.45) is 0 Å². The molecule has 2 aliphatic rings. The number of hydrogen-bond acceptors (Lipinski definition) is 6. The van der Waals surface area contributed by atoms with Crippen molar-refractivity contribution < 1.29 is 14.3 Å². The fourth-order valence-corrected chi connectivity index (χ4v) is 6.13. The van der Waals surface area contributed by atoms with E-state index in [1.807, 2.05) is 48.5 Å². The Morgan fingerprint density at radius 3 is 2.66 bits per heavy atom. The highest BCUT2D eigenvalue weighted by Gasteiger charge is 2.42. The van der Waals surface area contributed by atoms with Crippen LogP contribution in [0, 0.1) is 0 Å². The molecule has 204 valence electrons. The summed E-state index contributed by atoms with van der Waals surface area (Å²) in [6.07, 6.45) is 4.79. The Balaban J connectivity index is 1.17. The first-order valence-electron chi connectivity index (χ1n) is 13.3. The fraction of sp³-hybridized carbons (Fsp3) is 0.194. The summed E-state index contributed by atoms with van der Waals surface area (Å²) in [6, 6.07) is 19.1. The molecule has 0 aliphatic carbocycles. The number of para-hydroxylation sites is 1. The number of imidazole rings is 1. The van der Waals surface area contributed by atoms with Crippen LogP contribution in [0.2, 0.25) is 0 Å². The largest absolute Gasteiger partial charge is 0.453 e. The third-order valence-corrected chi connectivity index (χ3v) is 8.28. The Kier molecular flexibility index (Phi) is 6.27. The van der Waals surface area contributed by atoms with E-state index in [1.54, 1.807) is 17.3 Å². The molecule has 9 nitrogen and oxygen atoms in total. The Bertz CT molecular complexity index is 1820. The van der Waals surface area contributed by atoms with Crippen molar-refractivity contribution in [1.82, 2.24) is 25.3 Å². The molecule has 2 amide bonds. The lowest BCUT2D eigenvalue weighted by Gasteiger charge is -2.27. The third kappa shape index (κ3) is 4.54. The van der Waals surface area contributed by atoms with Crippen LogP contribution in [0.3, 0.4) is 0 Å². The van der Waals surface area contributed by atoms with Gasteiger partial charge < -0.3 is 15.0 Å². The topological polar surface area (TPSA) is 113 Å². The van der Waals surface area contributed by atoms with Gasteiger partial charge in [0.15, 0.2) is 0 Å². The minimum Gasteiger partial charge on any atom is -0.453 e. The van der Waals surface area contributed by atoms with Crippen molar-refractivity contribution in [3.8, 4) is 22.5 Å². The van der Waals surface area contributed by atoms with Crippen LogP contribution >= 0.6 is 15.9 Å². The van der Waals surface area contributed by atoms with Gasteiger partial charge in [-0.15, -0.1) is 0 Å². The van der Waals surface area contributed by atoms with Crippen LogP contribution in [0.1, 0.15) is 29.4 Å². The van der Waals surface area contributed by atoms with Crippen molar-refractivity contribution >= 4 is 44.7 Å². The summed E-state index contributed by atoms with van der Waals surface area (Å²) < 4.78 is 5.74. The van der Waals surface area contributed by atoms with E-state index in [2.05, 4.69) is 43.3 Å². The lowest BCUT2D eigenvalue weighted by Crippen LogP contribution is -2.48. The van der Waals surface area contributed by atoms with Crippen LogP contribution in [-0.2, 0) is 22.4 Å². The number of nitrogens with zero attached hydrogens (tertiary/aromatic N) is 4. The number of hydrogen-bond donors (Lipinski definition) is 2. The van der Waals surface area contributed by atoms with E-state index in [-0.39, 0.29) is 11.9 Å². The second-order valence-corrected chi connectivity index (χ2v) is 11.1.